The molecule has 0 saturated heterocycles. The third-order valence-corrected chi connectivity index (χ3v) is 3.28. The Bertz CT molecular complexity index is 611. The highest BCUT2D eigenvalue weighted by atomic mass is 35.5. The molecule has 0 radical (unpaired) electrons. The van der Waals surface area contributed by atoms with Gasteiger partial charge >= 0.3 is 0 Å². The van der Waals surface area contributed by atoms with E-state index in [9.17, 15) is 0 Å². The normalized spacial score (nSPS) is 11.4. The minimum absolute atomic E-state index is 0.103. The Morgan fingerprint density at radius 2 is 1.95 bits per heavy atom. The van der Waals surface area contributed by atoms with Crippen LogP contribution in [0.15, 0.2) is 53.7 Å². The van der Waals surface area contributed by atoms with Gasteiger partial charge in [-0.3, -0.25) is 0 Å². The van der Waals surface area contributed by atoms with Crippen LogP contribution in [0.5, 0.6) is 0 Å². The third-order valence-electron chi connectivity index (χ3n) is 3.02. The number of oxime groups is 1. The molecule has 0 aliphatic heterocycles. The quantitative estimate of drug-likeness (QED) is 0.393. The van der Waals surface area contributed by atoms with Crippen molar-refractivity contribution in [1.29, 1.82) is 0 Å². The molecule has 0 bridgehead atoms. The van der Waals surface area contributed by atoms with Crippen LogP contribution >= 0.6 is 11.6 Å². The Labute approximate surface area is 123 Å². The summed E-state index contributed by atoms with van der Waals surface area (Å²) in [6.07, 6.45) is 0. The van der Waals surface area contributed by atoms with Crippen molar-refractivity contribution in [2.24, 2.45) is 10.9 Å². The number of nitrogens with zero attached hydrogens (tertiary/aromatic N) is 2. The molecule has 2 rings (SSSR count). The summed E-state index contributed by atoms with van der Waals surface area (Å²) in [5.74, 6) is 0.103. The van der Waals surface area contributed by atoms with E-state index in [1.807, 2.05) is 49.5 Å². The van der Waals surface area contributed by atoms with Gasteiger partial charge in [-0.05, 0) is 29.8 Å². The lowest BCUT2D eigenvalue weighted by Gasteiger charge is -2.20. The van der Waals surface area contributed by atoms with Gasteiger partial charge in [-0.25, -0.2) is 0 Å². The molecule has 0 heterocycles. The maximum absolute atomic E-state index is 8.72. The SMILES string of the molecule is CN(Cc1ccc(Cl)cc1)c1cccc(C(N)=NO)c1. The predicted octanol–water partition coefficient (Wildman–Crippen LogP) is 3.07. The second-order valence-electron chi connectivity index (χ2n) is 4.52. The number of anilines is 1. The van der Waals surface area contributed by atoms with Gasteiger partial charge in [0.15, 0.2) is 5.84 Å². The van der Waals surface area contributed by atoms with Crippen LogP contribution in [-0.2, 0) is 6.54 Å². The average Bonchev–Trinajstić information content (AvgIpc) is 2.49. The Morgan fingerprint density at radius 1 is 1.25 bits per heavy atom. The van der Waals surface area contributed by atoms with Gasteiger partial charge in [0.05, 0.1) is 0 Å². The van der Waals surface area contributed by atoms with Crippen molar-refractivity contribution in [3.63, 3.8) is 0 Å². The van der Waals surface area contributed by atoms with E-state index in [0.29, 0.717) is 5.56 Å². The minimum atomic E-state index is 0.103. The van der Waals surface area contributed by atoms with Crippen LogP contribution in [0, 0.1) is 0 Å². The number of benzene rings is 2. The lowest BCUT2D eigenvalue weighted by atomic mass is 10.1. The van der Waals surface area contributed by atoms with E-state index in [0.717, 1.165) is 22.8 Å². The predicted molar refractivity (Wildman–Crippen MR) is 82.5 cm³/mol. The monoisotopic (exact) mass is 289 g/mol. The Morgan fingerprint density at radius 3 is 2.60 bits per heavy atom. The fourth-order valence-corrected chi connectivity index (χ4v) is 2.04. The lowest BCUT2D eigenvalue weighted by molar-refractivity contribution is 0.318. The molecule has 0 aliphatic carbocycles. The van der Waals surface area contributed by atoms with Crippen LogP contribution in [0.4, 0.5) is 5.69 Å². The third kappa shape index (κ3) is 3.42. The lowest BCUT2D eigenvalue weighted by Crippen LogP contribution is -2.18. The number of hydrogen-bond acceptors (Lipinski definition) is 3. The maximum Gasteiger partial charge on any atom is 0.170 e. The topological polar surface area (TPSA) is 61.8 Å². The maximum atomic E-state index is 8.72. The fourth-order valence-electron chi connectivity index (χ4n) is 1.92. The Kier molecular flexibility index (Phi) is 4.48. The molecule has 2 aromatic rings. The largest absolute Gasteiger partial charge is 0.409 e. The molecule has 3 N–H and O–H groups in total. The first-order valence-electron chi connectivity index (χ1n) is 6.13. The summed E-state index contributed by atoms with van der Waals surface area (Å²) >= 11 is 5.87. The molecule has 2 aromatic carbocycles. The van der Waals surface area contributed by atoms with Crippen molar-refractivity contribution in [1.82, 2.24) is 0 Å². The molecule has 0 aliphatic rings. The highest BCUT2D eigenvalue weighted by Crippen LogP contribution is 2.18. The first-order chi connectivity index (χ1) is 9.60. The summed E-state index contributed by atoms with van der Waals surface area (Å²) in [5.41, 5.74) is 8.44. The van der Waals surface area contributed by atoms with Gasteiger partial charge in [0.25, 0.3) is 0 Å². The number of halogens is 1. The van der Waals surface area contributed by atoms with Crippen LogP contribution < -0.4 is 10.6 Å². The van der Waals surface area contributed by atoms with E-state index >= 15 is 0 Å². The molecule has 104 valence electrons. The highest BCUT2D eigenvalue weighted by Gasteiger charge is 2.05. The molecule has 4 nitrogen and oxygen atoms in total. The van der Waals surface area contributed by atoms with Crippen molar-refractivity contribution in [2.45, 2.75) is 6.54 Å². The van der Waals surface area contributed by atoms with Gasteiger partial charge in [0.2, 0.25) is 0 Å². The average molecular weight is 290 g/mol. The van der Waals surface area contributed by atoms with Crippen LogP contribution in [0.1, 0.15) is 11.1 Å². The molecular weight excluding hydrogens is 274 g/mol. The summed E-state index contributed by atoms with van der Waals surface area (Å²) in [6.45, 7) is 0.747. The van der Waals surface area contributed by atoms with Gasteiger partial charge in [0.1, 0.15) is 0 Å². The van der Waals surface area contributed by atoms with Gasteiger partial charge in [-0.1, -0.05) is 41.0 Å². The first-order valence-corrected chi connectivity index (χ1v) is 6.51. The number of hydrogen-bond donors (Lipinski definition) is 2. The molecule has 0 atom stereocenters. The number of nitrogens with two attached hydrogens (primary N) is 1. The van der Waals surface area contributed by atoms with Gasteiger partial charge < -0.3 is 15.8 Å². The van der Waals surface area contributed by atoms with Crippen molar-refractivity contribution < 1.29 is 5.21 Å². The van der Waals surface area contributed by atoms with Crippen LogP contribution in [-0.4, -0.2) is 18.1 Å². The summed E-state index contributed by atoms with van der Waals surface area (Å²) in [6, 6.07) is 15.3. The molecule has 0 saturated carbocycles. The van der Waals surface area contributed by atoms with Gasteiger partial charge in [-0.2, -0.15) is 0 Å². The Balaban J connectivity index is 2.16. The molecule has 20 heavy (non-hydrogen) atoms. The summed E-state index contributed by atoms with van der Waals surface area (Å²) < 4.78 is 0. The van der Waals surface area contributed by atoms with Crippen LogP contribution in [0.25, 0.3) is 0 Å². The number of rotatable bonds is 4. The highest BCUT2D eigenvalue weighted by molar-refractivity contribution is 6.30. The summed E-state index contributed by atoms with van der Waals surface area (Å²) in [7, 11) is 1.99. The van der Waals surface area contributed by atoms with E-state index in [2.05, 4.69) is 10.1 Å². The molecule has 5 heteroatoms. The molecule has 0 amide bonds. The Hall–Kier alpha value is -2.20. The molecule has 0 unspecified atom stereocenters. The van der Waals surface area contributed by atoms with Crippen molar-refractivity contribution in [3.05, 3.63) is 64.7 Å². The molecule has 0 fully saturated rings. The van der Waals surface area contributed by atoms with E-state index in [4.69, 9.17) is 22.5 Å². The zero-order chi connectivity index (χ0) is 14.5. The zero-order valence-electron chi connectivity index (χ0n) is 11.1. The summed E-state index contributed by atoms with van der Waals surface area (Å²) in [5, 5.41) is 12.5. The minimum Gasteiger partial charge on any atom is -0.409 e. The van der Waals surface area contributed by atoms with Crippen LogP contribution in [0.2, 0.25) is 5.02 Å². The van der Waals surface area contributed by atoms with E-state index in [1.54, 1.807) is 6.07 Å². The molecular formula is C15H16ClN3O. The fraction of sp³-hybridized carbons (Fsp3) is 0.133. The smallest absolute Gasteiger partial charge is 0.170 e. The van der Waals surface area contributed by atoms with Gasteiger partial charge in [-0.15, -0.1) is 0 Å². The molecule has 0 spiro atoms. The zero-order valence-corrected chi connectivity index (χ0v) is 11.9. The molecule has 0 aromatic heterocycles. The number of amidine groups is 1. The van der Waals surface area contributed by atoms with E-state index < -0.39 is 0 Å². The van der Waals surface area contributed by atoms with Crippen molar-refractivity contribution in [3.8, 4) is 0 Å². The van der Waals surface area contributed by atoms with Gasteiger partial charge in [0, 0.05) is 29.9 Å². The summed E-state index contributed by atoms with van der Waals surface area (Å²) in [4.78, 5) is 2.08. The van der Waals surface area contributed by atoms with Crippen molar-refractivity contribution >= 4 is 23.1 Å². The second-order valence-corrected chi connectivity index (χ2v) is 4.95. The standard InChI is InChI=1S/C15H16ClN3O/c1-19(10-11-5-7-13(16)8-6-11)14-4-2-3-12(9-14)15(17)18-20/h2-9,20H,10H2,1H3,(H2,17,18). The van der Waals surface area contributed by atoms with Crippen LogP contribution in [0.3, 0.4) is 0 Å². The van der Waals surface area contributed by atoms with E-state index in [-0.39, 0.29) is 5.84 Å². The van der Waals surface area contributed by atoms with E-state index in [1.165, 1.54) is 0 Å². The second kappa shape index (κ2) is 6.30. The first kappa shape index (κ1) is 14.2. The van der Waals surface area contributed by atoms with Crippen molar-refractivity contribution in [2.75, 3.05) is 11.9 Å².